The Kier molecular flexibility index (Phi) is 7.66. The maximum absolute atomic E-state index is 2.66. The van der Waals surface area contributed by atoms with Crippen LogP contribution in [0.3, 0.4) is 0 Å². The molecule has 3 unspecified atom stereocenters. The zero-order valence-corrected chi connectivity index (χ0v) is 15.5. The summed E-state index contributed by atoms with van der Waals surface area (Å²) in [5.41, 5.74) is 0. The van der Waals surface area contributed by atoms with Crippen molar-refractivity contribution in [3.63, 3.8) is 0 Å². The molecule has 0 bridgehead atoms. The summed E-state index contributed by atoms with van der Waals surface area (Å²) in [4.78, 5) is 2.66. The van der Waals surface area contributed by atoms with Gasteiger partial charge in [-0.25, -0.2) is 0 Å². The SMILES string of the molecule is CCC(C)C([SiH3])(C(C)CC)C(C)N(CC)CC. The van der Waals surface area contributed by atoms with Crippen molar-refractivity contribution in [2.75, 3.05) is 13.1 Å². The second-order valence-corrected chi connectivity index (χ2v) is 7.61. The standard InChI is InChI=1S/C15H35NSi/c1-8-12(5)15(17,13(6)9-2)14(7)16(10-3)11-4/h12-14H,8-11H2,1-7,17H3. The van der Waals surface area contributed by atoms with Crippen molar-refractivity contribution in [2.45, 2.75) is 72.4 Å². The molecule has 0 N–H and O–H groups in total. The highest BCUT2D eigenvalue weighted by Crippen LogP contribution is 2.48. The summed E-state index contributed by atoms with van der Waals surface area (Å²) in [5.74, 6) is 1.69. The van der Waals surface area contributed by atoms with Gasteiger partial charge in [-0.05, 0) is 36.9 Å². The van der Waals surface area contributed by atoms with Crippen LogP contribution in [0.5, 0.6) is 0 Å². The van der Waals surface area contributed by atoms with Crippen molar-refractivity contribution in [3.8, 4) is 0 Å². The molecule has 0 spiro atoms. The maximum atomic E-state index is 2.66. The van der Waals surface area contributed by atoms with Crippen LogP contribution in [-0.4, -0.2) is 34.3 Å². The van der Waals surface area contributed by atoms with Gasteiger partial charge in [0.15, 0.2) is 0 Å². The highest BCUT2D eigenvalue weighted by atomic mass is 28.1. The molecule has 0 aromatic carbocycles. The zero-order chi connectivity index (χ0) is 13.6. The molecule has 0 amide bonds. The lowest BCUT2D eigenvalue weighted by atomic mass is 9.74. The molecule has 0 saturated carbocycles. The molecule has 0 heterocycles. The maximum Gasteiger partial charge on any atom is 0.0133 e. The first-order valence-electron chi connectivity index (χ1n) is 7.63. The van der Waals surface area contributed by atoms with Crippen molar-refractivity contribution in [3.05, 3.63) is 0 Å². The first kappa shape index (κ1) is 17.2. The Bertz CT molecular complexity index is 191. The zero-order valence-electron chi connectivity index (χ0n) is 13.5. The molecule has 2 heteroatoms. The minimum Gasteiger partial charge on any atom is -0.301 e. The monoisotopic (exact) mass is 257 g/mol. The van der Waals surface area contributed by atoms with Gasteiger partial charge in [0.1, 0.15) is 0 Å². The topological polar surface area (TPSA) is 3.24 Å². The Hall–Kier alpha value is 0.177. The number of hydrogen-bond donors (Lipinski definition) is 0. The predicted octanol–water partition coefficient (Wildman–Crippen LogP) is 3.33. The van der Waals surface area contributed by atoms with E-state index in [2.05, 4.69) is 53.4 Å². The molecule has 0 aliphatic rings. The molecule has 0 aliphatic heterocycles. The third kappa shape index (κ3) is 3.57. The lowest BCUT2D eigenvalue weighted by molar-refractivity contribution is 0.107. The average Bonchev–Trinajstić information content (AvgIpc) is 2.36. The van der Waals surface area contributed by atoms with Crippen molar-refractivity contribution >= 4 is 10.2 Å². The van der Waals surface area contributed by atoms with E-state index < -0.39 is 0 Å². The second kappa shape index (κ2) is 7.58. The number of nitrogens with zero attached hydrogens (tertiary/aromatic N) is 1. The van der Waals surface area contributed by atoms with Crippen LogP contribution in [0.2, 0.25) is 5.04 Å². The minimum atomic E-state index is 0.565. The first-order valence-corrected chi connectivity index (χ1v) is 8.63. The predicted molar refractivity (Wildman–Crippen MR) is 83.9 cm³/mol. The van der Waals surface area contributed by atoms with Crippen LogP contribution in [0.25, 0.3) is 0 Å². The lowest BCUT2D eigenvalue weighted by Crippen LogP contribution is -2.48. The fourth-order valence-electron chi connectivity index (χ4n) is 3.35. The molecule has 0 rings (SSSR count). The lowest BCUT2D eigenvalue weighted by Gasteiger charge is -2.49. The van der Waals surface area contributed by atoms with Crippen LogP contribution in [0.1, 0.15) is 61.3 Å². The van der Waals surface area contributed by atoms with Gasteiger partial charge >= 0.3 is 0 Å². The second-order valence-electron chi connectivity index (χ2n) is 5.88. The van der Waals surface area contributed by atoms with Crippen LogP contribution < -0.4 is 0 Å². The normalized spacial score (nSPS) is 21.2. The molecule has 104 valence electrons. The van der Waals surface area contributed by atoms with Gasteiger partial charge in [-0.1, -0.05) is 54.4 Å². The van der Waals surface area contributed by atoms with E-state index in [1.165, 1.54) is 36.2 Å². The van der Waals surface area contributed by atoms with E-state index in [4.69, 9.17) is 0 Å². The summed E-state index contributed by atoms with van der Waals surface area (Å²) < 4.78 is 0. The summed E-state index contributed by atoms with van der Waals surface area (Å²) in [6.45, 7) is 19.1. The Labute approximate surface area is 113 Å². The van der Waals surface area contributed by atoms with E-state index in [1.807, 2.05) is 0 Å². The quantitative estimate of drug-likeness (QED) is 0.603. The van der Waals surface area contributed by atoms with E-state index in [9.17, 15) is 0 Å². The van der Waals surface area contributed by atoms with Crippen LogP contribution in [0.15, 0.2) is 0 Å². The molecular formula is C15H35NSi. The molecule has 1 nitrogen and oxygen atoms in total. The third-order valence-corrected chi connectivity index (χ3v) is 8.42. The van der Waals surface area contributed by atoms with Crippen molar-refractivity contribution in [1.29, 1.82) is 0 Å². The molecule has 3 atom stereocenters. The fraction of sp³-hybridized carbons (Fsp3) is 1.00. The van der Waals surface area contributed by atoms with E-state index in [1.54, 1.807) is 0 Å². The summed E-state index contributed by atoms with van der Waals surface area (Å²) in [7, 11) is 1.30. The van der Waals surface area contributed by atoms with Gasteiger partial charge in [-0.15, -0.1) is 0 Å². The molecule has 0 radical (unpaired) electrons. The third-order valence-electron chi connectivity index (χ3n) is 5.61. The van der Waals surface area contributed by atoms with Gasteiger partial charge in [-0.2, -0.15) is 0 Å². The van der Waals surface area contributed by atoms with Crippen molar-refractivity contribution < 1.29 is 0 Å². The van der Waals surface area contributed by atoms with Gasteiger partial charge in [0.2, 0.25) is 0 Å². The molecule has 0 aliphatic carbocycles. The molecule has 0 saturated heterocycles. The van der Waals surface area contributed by atoms with Crippen LogP contribution in [0, 0.1) is 11.8 Å². The fourth-order valence-corrected chi connectivity index (χ4v) is 4.54. The average molecular weight is 258 g/mol. The molecule has 0 aromatic rings. The highest BCUT2D eigenvalue weighted by molar-refractivity contribution is 6.16. The van der Waals surface area contributed by atoms with Crippen molar-refractivity contribution in [2.24, 2.45) is 11.8 Å². The summed E-state index contributed by atoms with van der Waals surface area (Å²) in [6.07, 6.45) is 2.64. The van der Waals surface area contributed by atoms with E-state index in [-0.39, 0.29) is 0 Å². The molecule has 0 fully saturated rings. The summed E-state index contributed by atoms with van der Waals surface area (Å²) in [5, 5.41) is 0.565. The Morgan fingerprint density at radius 2 is 1.24 bits per heavy atom. The molecule has 17 heavy (non-hydrogen) atoms. The largest absolute Gasteiger partial charge is 0.301 e. The van der Waals surface area contributed by atoms with E-state index in [0.717, 1.165) is 17.9 Å². The van der Waals surface area contributed by atoms with Gasteiger partial charge in [0, 0.05) is 16.3 Å². The first-order chi connectivity index (χ1) is 7.89. The summed E-state index contributed by atoms with van der Waals surface area (Å²) >= 11 is 0. The van der Waals surface area contributed by atoms with Gasteiger partial charge in [0.05, 0.1) is 0 Å². The van der Waals surface area contributed by atoms with Crippen molar-refractivity contribution in [1.82, 2.24) is 4.90 Å². The Morgan fingerprint density at radius 1 is 0.882 bits per heavy atom. The molecule has 0 aromatic heterocycles. The van der Waals surface area contributed by atoms with Crippen LogP contribution in [0.4, 0.5) is 0 Å². The highest BCUT2D eigenvalue weighted by Gasteiger charge is 2.41. The van der Waals surface area contributed by atoms with E-state index in [0.29, 0.717) is 5.04 Å². The van der Waals surface area contributed by atoms with Gasteiger partial charge in [0.25, 0.3) is 0 Å². The smallest absolute Gasteiger partial charge is 0.0133 e. The van der Waals surface area contributed by atoms with E-state index >= 15 is 0 Å². The van der Waals surface area contributed by atoms with Crippen LogP contribution in [-0.2, 0) is 0 Å². The van der Waals surface area contributed by atoms with Gasteiger partial charge < -0.3 is 4.90 Å². The number of rotatable bonds is 8. The summed E-state index contributed by atoms with van der Waals surface area (Å²) in [6, 6.07) is 0.731. The minimum absolute atomic E-state index is 0.565. The molecular weight excluding hydrogens is 222 g/mol. The number of hydrogen-bond acceptors (Lipinski definition) is 1. The van der Waals surface area contributed by atoms with Crippen LogP contribution >= 0.6 is 0 Å². The Morgan fingerprint density at radius 3 is 1.47 bits per heavy atom. The van der Waals surface area contributed by atoms with Gasteiger partial charge in [-0.3, -0.25) is 0 Å². The Balaban J connectivity index is 5.15.